The molecule has 68 heavy (non-hydrogen) atoms. The van der Waals surface area contributed by atoms with Crippen molar-refractivity contribution in [3.05, 3.63) is 85.1 Å². The van der Waals surface area contributed by atoms with E-state index < -0.39 is 6.10 Å². The lowest BCUT2D eigenvalue weighted by Gasteiger charge is -2.18. The molecule has 0 amide bonds. The Kier molecular flexibility index (Phi) is 53.4. The first kappa shape index (κ1) is 64.6. The fourth-order valence-corrected chi connectivity index (χ4v) is 7.89. The third kappa shape index (κ3) is 53.5. The van der Waals surface area contributed by atoms with Gasteiger partial charge in [-0.2, -0.15) is 0 Å². The minimum Gasteiger partial charge on any atom is -0.462 e. The number of hydrogen-bond donors (Lipinski definition) is 0. The molecule has 0 bridgehead atoms. The highest BCUT2D eigenvalue weighted by atomic mass is 16.6. The molecule has 1 unspecified atom stereocenters. The van der Waals surface area contributed by atoms with E-state index in [1.165, 1.54) is 148 Å². The van der Waals surface area contributed by atoms with E-state index in [2.05, 4.69) is 106 Å². The van der Waals surface area contributed by atoms with Crippen LogP contribution < -0.4 is 0 Å². The fourth-order valence-electron chi connectivity index (χ4n) is 7.89. The molecule has 1 atom stereocenters. The van der Waals surface area contributed by atoms with Crippen molar-refractivity contribution in [2.24, 2.45) is 0 Å². The van der Waals surface area contributed by atoms with Gasteiger partial charge in [-0.05, 0) is 89.9 Å². The van der Waals surface area contributed by atoms with Crippen LogP contribution in [0.2, 0.25) is 0 Å². The molecule has 0 N–H and O–H groups in total. The van der Waals surface area contributed by atoms with Gasteiger partial charge in [-0.3, -0.25) is 14.4 Å². The SMILES string of the molecule is CC\C=C/C=C\C=C/CCCCCCCCCC(=O)OCC(COC(=O)CCCCCCCCCCCC/C=C\C=C/CCCCC)OC(=O)CCCCC/C=C\C=C/CCCCCCCCC. The van der Waals surface area contributed by atoms with Gasteiger partial charge in [0.05, 0.1) is 0 Å². The van der Waals surface area contributed by atoms with Crippen molar-refractivity contribution in [2.75, 3.05) is 13.2 Å². The summed E-state index contributed by atoms with van der Waals surface area (Å²) in [5.41, 5.74) is 0. The van der Waals surface area contributed by atoms with Gasteiger partial charge >= 0.3 is 17.9 Å². The van der Waals surface area contributed by atoms with Gasteiger partial charge in [-0.25, -0.2) is 0 Å². The Morgan fingerprint density at radius 3 is 0.941 bits per heavy atom. The van der Waals surface area contributed by atoms with E-state index in [1.54, 1.807) is 0 Å². The average molecular weight is 948 g/mol. The molecule has 0 aliphatic carbocycles. The first-order valence-electron chi connectivity index (χ1n) is 28.7. The lowest BCUT2D eigenvalue weighted by molar-refractivity contribution is -0.167. The van der Waals surface area contributed by atoms with Crippen LogP contribution in [0.15, 0.2) is 85.1 Å². The van der Waals surface area contributed by atoms with Gasteiger partial charge in [-0.1, -0.05) is 247 Å². The molecule has 0 saturated carbocycles. The average Bonchev–Trinajstić information content (AvgIpc) is 3.34. The first-order valence-corrected chi connectivity index (χ1v) is 28.7. The van der Waals surface area contributed by atoms with E-state index in [0.717, 1.165) is 83.5 Å². The van der Waals surface area contributed by atoms with E-state index in [1.807, 2.05) is 0 Å². The van der Waals surface area contributed by atoms with Crippen molar-refractivity contribution in [2.45, 2.75) is 277 Å². The molecular weight excluding hydrogens is 841 g/mol. The van der Waals surface area contributed by atoms with E-state index in [0.29, 0.717) is 19.3 Å². The summed E-state index contributed by atoms with van der Waals surface area (Å²) in [6.45, 7) is 6.46. The Hall–Kier alpha value is -3.41. The summed E-state index contributed by atoms with van der Waals surface area (Å²) < 4.78 is 16.8. The van der Waals surface area contributed by atoms with Gasteiger partial charge in [0.15, 0.2) is 6.10 Å². The zero-order chi connectivity index (χ0) is 49.3. The molecule has 0 aliphatic heterocycles. The standard InChI is InChI=1S/C62H106O6/c1-4-7-10-13-16-19-22-25-28-30-31-32-35-37-40-43-46-49-52-55-61(64)67-58-59(57-66-60(63)54-51-48-45-42-39-36-33-27-24-21-18-15-12-9-6-3)68-62(65)56-53-50-47-44-41-38-34-29-26-23-20-17-14-11-8-5-2/h9,12,15-16,18-19,21-22,24-25,29,34,38,41,59H,4-8,10-11,13-14,17,20,23,26-28,30-33,35-37,39-40,42-58H2,1-3H3/b12-9-,18-15-,19-16-,24-21-,25-22-,34-29-,41-38-. The second-order valence-corrected chi connectivity index (χ2v) is 18.9. The summed E-state index contributed by atoms with van der Waals surface area (Å²) in [7, 11) is 0. The van der Waals surface area contributed by atoms with Gasteiger partial charge in [0, 0.05) is 19.3 Å². The number of carbonyl (C=O) groups is 3. The molecule has 0 radical (unpaired) electrons. The maximum atomic E-state index is 12.8. The van der Waals surface area contributed by atoms with Crippen LogP contribution in [0.25, 0.3) is 0 Å². The molecule has 390 valence electrons. The van der Waals surface area contributed by atoms with Crippen LogP contribution in [-0.4, -0.2) is 37.2 Å². The quantitative estimate of drug-likeness (QED) is 0.0262. The number of rotatable bonds is 51. The number of hydrogen-bond acceptors (Lipinski definition) is 6. The summed E-state index contributed by atoms with van der Waals surface area (Å²) in [5.74, 6) is -0.930. The summed E-state index contributed by atoms with van der Waals surface area (Å²) in [6, 6.07) is 0. The van der Waals surface area contributed by atoms with Crippen molar-refractivity contribution in [3.8, 4) is 0 Å². The zero-order valence-electron chi connectivity index (χ0n) is 44.6. The number of carbonyl (C=O) groups excluding carboxylic acids is 3. The highest BCUT2D eigenvalue weighted by molar-refractivity contribution is 5.71. The Balaban J connectivity index is 4.43. The molecule has 0 aromatic rings. The molecule has 0 spiro atoms. The lowest BCUT2D eigenvalue weighted by Crippen LogP contribution is -2.30. The molecule has 0 aliphatic rings. The van der Waals surface area contributed by atoms with Crippen LogP contribution in [0.4, 0.5) is 0 Å². The summed E-state index contributed by atoms with van der Waals surface area (Å²) >= 11 is 0. The van der Waals surface area contributed by atoms with Crippen LogP contribution in [0.3, 0.4) is 0 Å². The largest absolute Gasteiger partial charge is 0.462 e. The second-order valence-electron chi connectivity index (χ2n) is 18.9. The highest BCUT2D eigenvalue weighted by Gasteiger charge is 2.19. The Morgan fingerprint density at radius 1 is 0.309 bits per heavy atom. The molecule has 0 aromatic heterocycles. The molecular formula is C62H106O6. The van der Waals surface area contributed by atoms with E-state index in [-0.39, 0.29) is 31.1 Å². The van der Waals surface area contributed by atoms with Crippen molar-refractivity contribution in [1.29, 1.82) is 0 Å². The molecule has 6 heteroatoms. The predicted octanol–water partition coefficient (Wildman–Crippen LogP) is 19.2. The predicted molar refractivity (Wildman–Crippen MR) is 293 cm³/mol. The van der Waals surface area contributed by atoms with Crippen molar-refractivity contribution >= 4 is 17.9 Å². The van der Waals surface area contributed by atoms with Crippen LogP contribution >= 0.6 is 0 Å². The summed E-state index contributed by atoms with van der Waals surface area (Å²) in [6.07, 6.45) is 72.8. The second kappa shape index (κ2) is 56.2. The van der Waals surface area contributed by atoms with E-state index in [4.69, 9.17) is 14.2 Å². The molecule has 0 saturated heterocycles. The zero-order valence-corrected chi connectivity index (χ0v) is 44.6. The maximum Gasteiger partial charge on any atom is 0.306 e. The summed E-state index contributed by atoms with van der Waals surface area (Å²) in [4.78, 5) is 38.1. The Bertz CT molecular complexity index is 1320. The fraction of sp³-hybridized carbons (Fsp3) is 0.726. The molecule has 0 aromatic carbocycles. The van der Waals surface area contributed by atoms with Crippen LogP contribution in [0.5, 0.6) is 0 Å². The van der Waals surface area contributed by atoms with Gasteiger partial charge < -0.3 is 14.2 Å². The van der Waals surface area contributed by atoms with Gasteiger partial charge in [-0.15, -0.1) is 0 Å². The first-order chi connectivity index (χ1) is 33.5. The smallest absolute Gasteiger partial charge is 0.306 e. The number of ether oxygens (including phenoxy) is 3. The minimum atomic E-state index is -0.798. The molecule has 0 fully saturated rings. The van der Waals surface area contributed by atoms with Crippen LogP contribution in [-0.2, 0) is 28.6 Å². The Labute approximate surface area is 420 Å². The third-order valence-electron chi connectivity index (χ3n) is 12.2. The number of unbranched alkanes of at least 4 members (excludes halogenated alkanes) is 30. The molecule has 6 nitrogen and oxygen atoms in total. The topological polar surface area (TPSA) is 78.9 Å². The number of esters is 3. The summed E-state index contributed by atoms with van der Waals surface area (Å²) in [5, 5.41) is 0. The minimum absolute atomic E-state index is 0.0929. The third-order valence-corrected chi connectivity index (χ3v) is 12.2. The normalized spacial score (nSPS) is 12.7. The van der Waals surface area contributed by atoms with Crippen molar-refractivity contribution in [1.82, 2.24) is 0 Å². The van der Waals surface area contributed by atoms with Gasteiger partial charge in [0.1, 0.15) is 13.2 Å². The van der Waals surface area contributed by atoms with Crippen LogP contribution in [0.1, 0.15) is 271 Å². The van der Waals surface area contributed by atoms with Gasteiger partial charge in [0.25, 0.3) is 0 Å². The monoisotopic (exact) mass is 947 g/mol. The highest BCUT2D eigenvalue weighted by Crippen LogP contribution is 2.15. The Morgan fingerprint density at radius 2 is 0.574 bits per heavy atom. The van der Waals surface area contributed by atoms with E-state index >= 15 is 0 Å². The number of allylic oxidation sites excluding steroid dienone is 14. The van der Waals surface area contributed by atoms with Crippen molar-refractivity contribution < 1.29 is 28.6 Å². The molecule has 0 rings (SSSR count). The lowest BCUT2D eigenvalue weighted by atomic mass is 10.1. The van der Waals surface area contributed by atoms with Crippen LogP contribution in [0, 0.1) is 0 Å². The van der Waals surface area contributed by atoms with E-state index in [9.17, 15) is 14.4 Å². The maximum absolute atomic E-state index is 12.8. The van der Waals surface area contributed by atoms with Gasteiger partial charge in [0.2, 0.25) is 0 Å². The van der Waals surface area contributed by atoms with Crippen molar-refractivity contribution in [3.63, 3.8) is 0 Å². The molecule has 0 heterocycles.